The van der Waals surface area contributed by atoms with Crippen molar-refractivity contribution in [2.75, 3.05) is 4.90 Å². The van der Waals surface area contributed by atoms with Crippen molar-refractivity contribution in [1.29, 1.82) is 0 Å². The average Bonchev–Trinajstić information content (AvgIpc) is 2.76. The molecule has 0 atom stereocenters. The number of rotatable bonds is 4. The van der Waals surface area contributed by atoms with Gasteiger partial charge in [0.05, 0.1) is 5.69 Å². The Labute approximate surface area is 186 Å². The van der Waals surface area contributed by atoms with Crippen molar-refractivity contribution in [3.63, 3.8) is 0 Å². The van der Waals surface area contributed by atoms with E-state index in [9.17, 15) is 9.59 Å². The van der Waals surface area contributed by atoms with Gasteiger partial charge in [-0.3, -0.25) is 19.8 Å². The molecule has 0 bridgehead atoms. The van der Waals surface area contributed by atoms with E-state index in [2.05, 4.69) is 5.32 Å². The largest absolute Gasteiger partial charge is 0.457 e. The Hall–Kier alpha value is -3.77. The number of carbonyl (C=O) groups excluding carboxylic acids is 2. The van der Waals surface area contributed by atoms with Crippen LogP contribution in [0.4, 0.5) is 5.69 Å². The van der Waals surface area contributed by atoms with Crippen LogP contribution >= 0.6 is 12.2 Å². The maximum Gasteiger partial charge on any atom is 0.270 e. The highest BCUT2D eigenvalue weighted by atomic mass is 32.1. The molecule has 4 rings (SSSR count). The monoisotopic (exact) mass is 428 g/mol. The SMILES string of the molecule is Cc1cccc(/C=C2\C(=O)NC(=S)N(c3ccc(Oc4ccccc4)cc3)C2=O)c1C. The van der Waals surface area contributed by atoms with E-state index < -0.39 is 11.8 Å². The number of amides is 2. The Morgan fingerprint density at radius 2 is 1.55 bits per heavy atom. The predicted octanol–water partition coefficient (Wildman–Crippen LogP) is 4.93. The van der Waals surface area contributed by atoms with Gasteiger partial charge in [-0.15, -0.1) is 0 Å². The van der Waals surface area contributed by atoms with Crippen LogP contribution < -0.4 is 15.0 Å². The van der Waals surface area contributed by atoms with Gasteiger partial charge in [-0.2, -0.15) is 0 Å². The summed E-state index contributed by atoms with van der Waals surface area (Å²) in [5.41, 5.74) is 3.49. The summed E-state index contributed by atoms with van der Waals surface area (Å²) < 4.78 is 5.80. The van der Waals surface area contributed by atoms with Crippen molar-refractivity contribution < 1.29 is 14.3 Å². The molecule has 1 heterocycles. The molecule has 3 aromatic carbocycles. The summed E-state index contributed by atoms with van der Waals surface area (Å²) in [7, 11) is 0. The second-order valence-corrected chi connectivity index (χ2v) is 7.54. The molecule has 1 N–H and O–H groups in total. The predicted molar refractivity (Wildman–Crippen MR) is 125 cm³/mol. The number of thiocarbonyl (C=S) groups is 1. The quantitative estimate of drug-likeness (QED) is 0.364. The van der Waals surface area contributed by atoms with Gasteiger partial charge in [0.2, 0.25) is 0 Å². The minimum atomic E-state index is -0.504. The van der Waals surface area contributed by atoms with E-state index in [4.69, 9.17) is 17.0 Å². The van der Waals surface area contributed by atoms with Crippen molar-refractivity contribution in [2.45, 2.75) is 13.8 Å². The summed E-state index contributed by atoms with van der Waals surface area (Å²) >= 11 is 5.28. The molecule has 1 fully saturated rings. The smallest absolute Gasteiger partial charge is 0.270 e. The van der Waals surface area contributed by atoms with Crippen molar-refractivity contribution in [3.05, 3.63) is 95.1 Å². The number of benzene rings is 3. The first kappa shape index (κ1) is 20.5. The first-order valence-electron chi connectivity index (χ1n) is 9.74. The molecular weight excluding hydrogens is 408 g/mol. The molecule has 1 saturated heterocycles. The Morgan fingerprint density at radius 3 is 2.26 bits per heavy atom. The summed E-state index contributed by atoms with van der Waals surface area (Å²) in [6.07, 6.45) is 1.61. The number of nitrogens with one attached hydrogen (secondary N) is 1. The molecule has 31 heavy (non-hydrogen) atoms. The molecule has 6 heteroatoms. The van der Waals surface area contributed by atoms with E-state index in [1.807, 2.05) is 62.4 Å². The first-order chi connectivity index (χ1) is 14.9. The molecule has 154 valence electrons. The van der Waals surface area contributed by atoms with Gasteiger partial charge in [0.1, 0.15) is 17.1 Å². The van der Waals surface area contributed by atoms with Crippen molar-refractivity contribution in [3.8, 4) is 11.5 Å². The van der Waals surface area contributed by atoms with Gasteiger partial charge in [0.15, 0.2) is 5.11 Å². The third kappa shape index (κ3) is 4.25. The van der Waals surface area contributed by atoms with Crippen LogP contribution in [0.2, 0.25) is 0 Å². The second kappa shape index (κ2) is 8.53. The molecule has 0 spiro atoms. The minimum absolute atomic E-state index is 0.0342. The lowest BCUT2D eigenvalue weighted by Gasteiger charge is -2.29. The molecule has 1 aliphatic heterocycles. The van der Waals surface area contributed by atoms with Gasteiger partial charge in [0.25, 0.3) is 11.8 Å². The summed E-state index contributed by atoms with van der Waals surface area (Å²) in [5, 5.41) is 2.66. The molecule has 0 unspecified atom stereocenters. The Kier molecular flexibility index (Phi) is 5.64. The van der Waals surface area contributed by atoms with Crippen molar-refractivity contribution in [1.82, 2.24) is 5.32 Å². The minimum Gasteiger partial charge on any atom is -0.457 e. The van der Waals surface area contributed by atoms with Gasteiger partial charge in [0, 0.05) is 0 Å². The maximum atomic E-state index is 13.2. The fourth-order valence-electron chi connectivity index (χ4n) is 3.27. The number of anilines is 1. The van der Waals surface area contributed by atoms with Gasteiger partial charge >= 0.3 is 0 Å². The molecule has 0 radical (unpaired) electrons. The molecule has 1 aliphatic rings. The standard InChI is InChI=1S/C25H20N2O3S/c1-16-7-6-8-18(17(16)2)15-22-23(28)26-25(31)27(24(22)29)19-11-13-21(14-12-19)30-20-9-4-3-5-10-20/h3-15H,1-2H3,(H,26,28,31)/b22-15+. The van der Waals surface area contributed by atoms with Crippen LogP contribution in [0.3, 0.4) is 0 Å². The van der Waals surface area contributed by atoms with Crippen LogP contribution in [0, 0.1) is 13.8 Å². The van der Waals surface area contributed by atoms with Crippen molar-refractivity contribution in [2.24, 2.45) is 0 Å². The van der Waals surface area contributed by atoms with Crippen LogP contribution in [0.15, 0.2) is 78.4 Å². The van der Waals surface area contributed by atoms with E-state index in [1.165, 1.54) is 4.90 Å². The number of hydrogen-bond acceptors (Lipinski definition) is 4. The summed E-state index contributed by atoms with van der Waals surface area (Å²) in [6, 6.07) is 22.1. The highest BCUT2D eigenvalue weighted by Crippen LogP contribution is 2.27. The molecule has 2 amide bonds. The molecule has 0 saturated carbocycles. The van der Waals surface area contributed by atoms with Gasteiger partial charge < -0.3 is 4.74 Å². The van der Waals surface area contributed by atoms with Gasteiger partial charge in [-0.1, -0.05) is 36.4 Å². The van der Waals surface area contributed by atoms with Gasteiger partial charge in [-0.05, 0) is 85.2 Å². The average molecular weight is 429 g/mol. The highest BCUT2D eigenvalue weighted by Gasteiger charge is 2.34. The fraction of sp³-hybridized carbons (Fsp3) is 0.0800. The number of nitrogens with zero attached hydrogens (tertiary/aromatic N) is 1. The van der Waals surface area contributed by atoms with Crippen LogP contribution in [-0.2, 0) is 9.59 Å². The van der Waals surface area contributed by atoms with Crippen LogP contribution in [0.25, 0.3) is 6.08 Å². The zero-order valence-electron chi connectivity index (χ0n) is 17.1. The van der Waals surface area contributed by atoms with Crippen LogP contribution in [-0.4, -0.2) is 16.9 Å². The van der Waals surface area contributed by atoms with E-state index >= 15 is 0 Å². The summed E-state index contributed by atoms with van der Waals surface area (Å²) in [4.78, 5) is 27.0. The number of para-hydroxylation sites is 1. The van der Waals surface area contributed by atoms with Crippen molar-refractivity contribution >= 4 is 40.9 Å². The number of ether oxygens (including phenoxy) is 1. The topological polar surface area (TPSA) is 58.6 Å². The number of aryl methyl sites for hydroxylation is 1. The molecular formula is C25H20N2O3S. The lowest BCUT2D eigenvalue weighted by molar-refractivity contribution is -0.122. The van der Waals surface area contributed by atoms with E-state index in [1.54, 1.807) is 30.3 Å². The highest BCUT2D eigenvalue weighted by molar-refractivity contribution is 7.80. The lowest BCUT2D eigenvalue weighted by atomic mass is 10.00. The van der Waals surface area contributed by atoms with E-state index in [-0.39, 0.29) is 10.7 Å². The van der Waals surface area contributed by atoms with E-state index in [0.717, 1.165) is 16.7 Å². The molecule has 5 nitrogen and oxygen atoms in total. The second-order valence-electron chi connectivity index (χ2n) is 7.16. The summed E-state index contributed by atoms with van der Waals surface area (Å²) in [6.45, 7) is 3.95. The number of carbonyl (C=O) groups is 2. The lowest BCUT2D eigenvalue weighted by Crippen LogP contribution is -2.54. The van der Waals surface area contributed by atoms with E-state index in [0.29, 0.717) is 17.2 Å². The molecule has 0 aromatic heterocycles. The zero-order valence-corrected chi connectivity index (χ0v) is 17.9. The Balaban J connectivity index is 1.63. The van der Waals surface area contributed by atoms with Gasteiger partial charge in [-0.25, -0.2) is 0 Å². The van der Waals surface area contributed by atoms with Crippen LogP contribution in [0.5, 0.6) is 11.5 Å². The fourth-order valence-corrected chi connectivity index (χ4v) is 3.55. The summed E-state index contributed by atoms with van der Waals surface area (Å²) in [5.74, 6) is 0.369. The Bertz CT molecular complexity index is 1200. The first-order valence-corrected chi connectivity index (χ1v) is 10.2. The normalized spacial score (nSPS) is 15.2. The zero-order chi connectivity index (χ0) is 22.0. The Morgan fingerprint density at radius 1 is 0.871 bits per heavy atom. The molecule has 3 aromatic rings. The number of hydrogen-bond donors (Lipinski definition) is 1. The maximum absolute atomic E-state index is 13.2. The third-order valence-corrected chi connectivity index (χ3v) is 5.41. The van der Waals surface area contributed by atoms with Crippen LogP contribution in [0.1, 0.15) is 16.7 Å². The third-order valence-electron chi connectivity index (χ3n) is 5.12. The molecule has 0 aliphatic carbocycles.